The fraction of sp³-hybridized carbons (Fsp3) is 0.438. The number of esters is 3. The van der Waals surface area contributed by atoms with Crippen molar-refractivity contribution >= 4 is 41.4 Å². The van der Waals surface area contributed by atoms with Crippen LogP contribution >= 0.6 is 23.5 Å². The summed E-state index contributed by atoms with van der Waals surface area (Å²) in [6.07, 6.45) is -4.78. The summed E-state index contributed by atoms with van der Waals surface area (Å²) >= 11 is 2.16. The van der Waals surface area contributed by atoms with Crippen molar-refractivity contribution in [2.75, 3.05) is 13.2 Å². The molecule has 2 saturated heterocycles. The second-order valence-corrected chi connectivity index (χ2v) is 18.8. The van der Waals surface area contributed by atoms with E-state index in [9.17, 15) is 23.9 Å². The summed E-state index contributed by atoms with van der Waals surface area (Å²) < 4.78 is 57.4. The number of rotatable bonds is 13. The first-order chi connectivity index (χ1) is 28.8. The predicted molar refractivity (Wildman–Crippen MR) is 235 cm³/mol. The molecule has 2 heterocycles. The van der Waals surface area contributed by atoms with Crippen molar-refractivity contribution in [3.8, 4) is 0 Å². The third kappa shape index (κ3) is 13.9. The number of alkyl halides is 2. The topological polar surface area (TPSA) is 118 Å². The van der Waals surface area contributed by atoms with Gasteiger partial charge in [-0.25, -0.2) is 18.4 Å². The first-order valence-corrected chi connectivity index (χ1v) is 22.1. The Labute approximate surface area is 366 Å². The van der Waals surface area contributed by atoms with Crippen molar-refractivity contribution in [3.63, 3.8) is 0 Å². The summed E-state index contributed by atoms with van der Waals surface area (Å²) in [5.41, 5.74) is 8.89. The monoisotopic (exact) mass is 878 g/mol. The summed E-state index contributed by atoms with van der Waals surface area (Å²) in [6.45, 7) is 17.2. The van der Waals surface area contributed by atoms with Crippen LogP contribution in [0.15, 0.2) is 72.8 Å². The van der Waals surface area contributed by atoms with E-state index in [1.807, 2.05) is 91.8 Å². The summed E-state index contributed by atoms with van der Waals surface area (Å²) in [5, 5.41) is 8.97. The van der Waals surface area contributed by atoms with Gasteiger partial charge in [0.2, 0.25) is 0 Å². The van der Waals surface area contributed by atoms with Gasteiger partial charge >= 0.3 is 17.9 Å². The highest BCUT2D eigenvalue weighted by molar-refractivity contribution is 8.01. The number of aliphatic hydroxyl groups excluding tert-OH is 1. The molecule has 13 heteroatoms. The van der Waals surface area contributed by atoms with Crippen molar-refractivity contribution in [2.45, 2.75) is 121 Å². The van der Waals surface area contributed by atoms with Crippen LogP contribution in [-0.2, 0) is 41.7 Å². The quantitative estimate of drug-likeness (QED) is 0.102. The van der Waals surface area contributed by atoms with Crippen LogP contribution in [0.3, 0.4) is 0 Å². The lowest BCUT2D eigenvalue weighted by Crippen LogP contribution is -2.35. The highest BCUT2D eigenvalue weighted by atomic mass is 32.2. The van der Waals surface area contributed by atoms with Gasteiger partial charge in [0.25, 0.3) is 0 Å². The zero-order chi connectivity index (χ0) is 44.5. The van der Waals surface area contributed by atoms with Gasteiger partial charge in [0.05, 0.1) is 34.8 Å². The lowest BCUT2D eigenvalue weighted by Gasteiger charge is -2.21. The molecule has 2 aliphatic rings. The number of thioether (sulfide) groups is 2. The minimum atomic E-state index is -1.53. The highest BCUT2D eigenvalue weighted by Gasteiger charge is 2.48. The minimum absolute atomic E-state index is 0.0223. The van der Waals surface area contributed by atoms with Crippen molar-refractivity contribution in [2.24, 2.45) is 0 Å². The third-order valence-electron chi connectivity index (χ3n) is 9.92. The second-order valence-electron chi connectivity index (χ2n) is 16.1. The number of carbonyl (C=O) groups is 3. The van der Waals surface area contributed by atoms with Crippen LogP contribution in [0, 0.1) is 55.4 Å². The molecule has 0 aromatic heterocycles. The molecular formula is C48H56F2O9S2. The number of aliphatic hydroxyl groups is 1. The van der Waals surface area contributed by atoms with E-state index in [0.29, 0.717) is 11.1 Å². The molecule has 0 aliphatic carbocycles. The predicted octanol–water partition coefficient (Wildman–Crippen LogP) is 9.44. The maximum Gasteiger partial charge on any atom is 0.338 e. The van der Waals surface area contributed by atoms with Gasteiger partial charge in [-0.1, -0.05) is 93.0 Å². The van der Waals surface area contributed by atoms with Crippen molar-refractivity contribution < 1.29 is 52.0 Å². The van der Waals surface area contributed by atoms with E-state index in [2.05, 4.69) is 12.1 Å². The zero-order valence-corrected chi connectivity index (χ0v) is 37.8. The third-order valence-corrected chi connectivity index (χ3v) is 12.6. The van der Waals surface area contributed by atoms with Crippen LogP contribution in [0.2, 0.25) is 0 Å². The highest BCUT2D eigenvalue weighted by Crippen LogP contribution is 2.40. The van der Waals surface area contributed by atoms with E-state index in [1.54, 1.807) is 24.3 Å². The molecule has 4 aromatic carbocycles. The number of ether oxygens (including phenoxy) is 5. The fourth-order valence-electron chi connectivity index (χ4n) is 7.66. The largest absolute Gasteiger partial charge is 0.461 e. The number of halogens is 2. The van der Waals surface area contributed by atoms with E-state index in [0.717, 1.165) is 79.2 Å². The van der Waals surface area contributed by atoms with Crippen LogP contribution in [-0.4, -0.2) is 82.2 Å². The van der Waals surface area contributed by atoms with Gasteiger partial charge in [0, 0.05) is 6.92 Å². The van der Waals surface area contributed by atoms with Gasteiger partial charge in [0.1, 0.15) is 30.9 Å². The van der Waals surface area contributed by atoms with Gasteiger partial charge in [-0.3, -0.25) is 4.79 Å². The summed E-state index contributed by atoms with van der Waals surface area (Å²) in [7, 11) is 0. The number of hydrogen-bond acceptors (Lipinski definition) is 11. The Morgan fingerprint density at radius 2 is 0.885 bits per heavy atom. The van der Waals surface area contributed by atoms with Gasteiger partial charge in [-0.2, -0.15) is 0 Å². The fourth-order valence-corrected chi connectivity index (χ4v) is 10.2. The summed E-state index contributed by atoms with van der Waals surface area (Å²) in [6, 6.07) is 23.1. The zero-order valence-electron chi connectivity index (χ0n) is 36.2. The van der Waals surface area contributed by atoms with Gasteiger partial charge in [0.15, 0.2) is 17.8 Å². The maximum absolute atomic E-state index is 15.1. The van der Waals surface area contributed by atoms with Crippen LogP contribution in [0.1, 0.15) is 83.3 Å². The van der Waals surface area contributed by atoms with Crippen molar-refractivity contribution in [3.05, 3.63) is 140 Å². The van der Waals surface area contributed by atoms with Crippen molar-refractivity contribution in [1.82, 2.24) is 0 Å². The average molecular weight is 879 g/mol. The number of aryl methyl sites for hydroxylation is 8. The Hall–Kier alpha value is -4.27. The first-order valence-electron chi connectivity index (χ1n) is 20.2. The molecule has 2 unspecified atom stereocenters. The molecule has 61 heavy (non-hydrogen) atoms. The molecule has 0 saturated carbocycles. The summed E-state index contributed by atoms with van der Waals surface area (Å²) in [5.74, 6) is -1.50. The molecule has 1 N–H and O–H groups in total. The average Bonchev–Trinajstić information content (AvgIpc) is 3.60. The molecule has 4 aromatic rings. The lowest BCUT2D eigenvalue weighted by atomic mass is 10.1. The first kappa shape index (κ1) is 47.8. The summed E-state index contributed by atoms with van der Waals surface area (Å²) in [4.78, 5) is 36.4. The molecule has 0 spiro atoms. The van der Waals surface area contributed by atoms with Gasteiger partial charge in [-0.15, -0.1) is 23.5 Å². The smallest absolute Gasteiger partial charge is 0.338 e. The maximum atomic E-state index is 15.1. The van der Waals surface area contributed by atoms with E-state index in [1.165, 1.54) is 6.92 Å². The molecule has 328 valence electrons. The van der Waals surface area contributed by atoms with E-state index in [4.69, 9.17) is 23.7 Å². The molecule has 2 aliphatic heterocycles. The molecular weight excluding hydrogens is 823 g/mol. The second kappa shape index (κ2) is 21.7. The molecule has 2 fully saturated rings. The number of hydrogen-bond donors (Lipinski definition) is 1. The molecule has 6 rings (SSSR count). The minimum Gasteiger partial charge on any atom is -0.461 e. The molecule has 0 bridgehead atoms. The van der Waals surface area contributed by atoms with Crippen LogP contribution < -0.4 is 0 Å². The van der Waals surface area contributed by atoms with E-state index < -0.39 is 63.8 Å². The Kier molecular flexibility index (Phi) is 17.0. The van der Waals surface area contributed by atoms with E-state index >= 15 is 4.39 Å². The molecule has 9 nitrogen and oxygen atoms in total. The molecule has 0 amide bonds. The Morgan fingerprint density at radius 3 is 1.26 bits per heavy atom. The normalized spacial score (nSPS) is 23.2. The standard InChI is InChI=1S/C25H29FO5S.C23H27FO4S/c1-14-6-15(2)9-19(8-14)12-29-23-21(32-25(22(23)26)31-18(5)27)13-30-24(28)20-10-16(3)7-17(4)11-20;1-13-5-14(2)8-17(7-13)11-27-21-19(29-23(26)20(21)24)12-28-22(25)18-9-15(3)6-16(4)10-18/h6-11,21-23,25H,12-13H2,1-5H3;5-10,19-21,23,26H,11-12H2,1-4H3/t21-,22+,23-,25?;19-,20+,21-,23?/m11/s1. The van der Waals surface area contributed by atoms with Crippen LogP contribution in [0.5, 0.6) is 0 Å². The van der Waals surface area contributed by atoms with Crippen molar-refractivity contribution in [1.29, 1.82) is 0 Å². The van der Waals surface area contributed by atoms with E-state index in [-0.39, 0.29) is 26.4 Å². The Balaban J connectivity index is 0.000000232. The van der Waals surface area contributed by atoms with Crippen LogP contribution in [0.25, 0.3) is 0 Å². The Morgan fingerprint density at radius 1 is 0.541 bits per heavy atom. The number of benzene rings is 4. The van der Waals surface area contributed by atoms with Crippen LogP contribution in [0.4, 0.5) is 8.78 Å². The van der Waals surface area contributed by atoms with Gasteiger partial charge in [-0.05, 0) is 90.8 Å². The van der Waals surface area contributed by atoms with Gasteiger partial charge < -0.3 is 28.8 Å². The Bertz CT molecular complexity index is 2100. The number of carbonyl (C=O) groups excluding carboxylic acids is 3. The SMILES string of the molecule is CC(=O)OC1S[C@H](COC(=O)c2cc(C)cc(C)c2)[C@@H](OCc2cc(C)cc(C)c2)[C@@H]1F.Cc1cc(C)cc(CO[C@H]2[C@H](F)C(O)S[C@@H]2COC(=O)c2cc(C)cc(C)c2)c1. The lowest BCUT2D eigenvalue weighted by molar-refractivity contribution is -0.146. The molecule has 8 atom stereocenters. The molecule has 0 radical (unpaired) electrons.